The lowest BCUT2D eigenvalue weighted by Crippen LogP contribution is -2.33. The number of anilines is 2. The van der Waals surface area contributed by atoms with Crippen LogP contribution in [0.1, 0.15) is 43.5 Å². The first-order valence-corrected chi connectivity index (χ1v) is 12.3. The van der Waals surface area contributed by atoms with Crippen LogP contribution in [0.4, 0.5) is 20.7 Å². The third-order valence-electron chi connectivity index (χ3n) is 5.72. The quantitative estimate of drug-likeness (QED) is 0.516. The second kappa shape index (κ2) is 9.37. The summed E-state index contributed by atoms with van der Waals surface area (Å²) in [6.07, 6.45) is 0.757. The first-order valence-electron chi connectivity index (χ1n) is 10.8. The summed E-state index contributed by atoms with van der Waals surface area (Å²) >= 11 is 0. The van der Waals surface area contributed by atoms with Crippen molar-refractivity contribution >= 4 is 27.6 Å². The molecule has 1 atom stereocenters. The second-order valence-electron chi connectivity index (χ2n) is 8.17. The number of benzene rings is 1. The van der Waals surface area contributed by atoms with Crippen LogP contribution in [-0.2, 0) is 21.8 Å². The van der Waals surface area contributed by atoms with Gasteiger partial charge in [0.1, 0.15) is 11.9 Å². The van der Waals surface area contributed by atoms with Gasteiger partial charge in [0.05, 0.1) is 22.3 Å². The van der Waals surface area contributed by atoms with Gasteiger partial charge < -0.3 is 4.74 Å². The Morgan fingerprint density at radius 1 is 1.26 bits per heavy atom. The molecule has 34 heavy (non-hydrogen) atoms. The molecule has 3 aromatic rings. The first-order chi connectivity index (χ1) is 16.1. The third kappa shape index (κ3) is 5.01. The van der Waals surface area contributed by atoms with Crippen LogP contribution in [0.5, 0.6) is 0 Å². The van der Waals surface area contributed by atoms with Crippen molar-refractivity contribution in [3.05, 3.63) is 53.5 Å². The summed E-state index contributed by atoms with van der Waals surface area (Å²) in [5.74, 6) is -0.183. The highest BCUT2D eigenvalue weighted by molar-refractivity contribution is 7.93. The number of amides is 1. The molecule has 1 aliphatic rings. The number of aryl methyl sites for hydroxylation is 2. The summed E-state index contributed by atoms with van der Waals surface area (Å²) in [5, 5.41) is 10.3. The van der Waals surface area contributed by atoms with Crippen LogP contribution in [-0.4, -0.2) is 39.7 Å². The van der Waals surface area contributed by atoms with Gasteiger partial charge in [0.2, 0.25) is 10.0 Å². The average Bonchev–Trinajstić information content (AvgIpc) is 3.07. The topological polar surface area (TPSA) is 128 Å². The number of halogens is 1. The number of rotatable bonds is 7. The Hall–Kier alpha value is -3.54. The number of hydrogen-bond donors (Lipinski definition) is 2. The van der Waals surface area contributed by atoms with Crippen molar-refractivity contribution in [3.8, 4) is 11.4 Å². The summed E-state index contributed by atoms with van der Waals surface area (Å²) in [6.45, 7) is 3.31. The van der Waals surface area contributed by atoms with Gasteiger partial charge in [-0.05, 0) is 56.5 Å². The smallest absolute Gasteiger partial charge is 0.413 e. The lowest BCUT2D eigenvalue weighted by atomic mass is 10.0. The van der Waals surface area contributed by atoms with Gasteiger partial charge in [-0.2, -0.15) is 0 Å². The summed E-state index contributed by atoms with van der Waals surface area (Å²) < 4.78 is 47.6. The monoisotopic (exact) mass is 488 g/mol. The number of aromatic nitrogens is 4. The van der Waals surface area contributed by atoms with Gasteiger partial charge in [0.15, 0.2) is 11.5 Å². The maximum absolute atomic E-state index is 13.5. The van der Waals surface area contributed by atoms with E-state index in [1.807, 2.05) is 0 Å². The normalized spacial score (nSPS) is 14.8. The van der Waals surface area contributed by atoms with Crippen molar-refractivity contribution in [2.24, 2.45) is 7.05 Å². The number of ether oxygens (including phenoxy) is 1. The molecular formula is C22H25FN6O4S. The molecular weight excluding hydrogens is 463 g/mol. The number of carbonyl (C=O) groups is 1. The Bertz CT molecular complexity index is 1320. The first kappa shape index (κ1) is 23.6. The number of nitrogens with one attached hydrogen (secondary N) is 2. The highest BCUT2D eigenvalue weighted by Gasteiger charge is 2.31. The van der Waals surface area contributed by atoms with Crippen molar-refractivity contribution in [2.75, 3.05) is 10.0 Å². The van der Waals surface area contributed by atoms with Crippen LogP contribution in [0.25, 0.3) is 11.4 Å². The summed E-state index contributed by atoms with van der Waals surface area (Å²) in [4.78, 5) is 17.0. The molecule has 1 aliphatic carbocycles. The molecule has 12 heteroatoms. The number of hydrogen-bond acceptors (Lipinski definition) is 7. The molecule has 0 radical (unpaired) electrons. The van der Waals surface area contributed by atoms with Crippen LogP contribution in [0.15, 0.2) is 36.4 Å². The zero-order chi connectivity index (χ0) is 24.5. The van der Waals surface area contributed by atoms with Crippen molar-refractivity contribution in [1.82, 2.24) is 20.0 Å². The molecule has 0 unspecified atom stereocenters. The standard InChI is InChI=1S/C22H25FN6O4S/c1-13-18(27-34(31,32)17-8-5-9-17)10-11-19(24-13)20-21(29(3)28-26-20)25-22(30)33-14(2)15-6-4-7-16(23)12-15/h4,6-7,10-12,14,17,27H,5,8-9H2,1-3H3,(H,25,30)/t14-/m1/s1. The second-order valence-corrected chi connectivity index (χ2v) is 10.1. The Morgan fingerprint density at radius 2 is 2.03 bits per heavy atom. The molecule has 4 rings (SSSR count). The Morgan fingerprint density at radius 3 is 2.68 bits per heavy atom. The molecule has 0 spiro atoms. The zero-order valence-corrected chi connectivity index (χ0v) is 19.8. The Balaban J connectivity index is 1.50. The molecule has 180 valence electrons. The van der Waals surface area contributed by atoms with Gasteiger partial charge in [0, 0.05) is 7.05 Å². The van der Waals surface area contributed by atoms with E-state index in [2.05, 4.69) is 25.3 Å². The lowest BCUT2D eigenvalue weighted by molar-refractivity contribution is 0.121. The minimum Gasteiger partial charge on any atom is -0.441 e. The fraction of sp³-hybridized carbons (Fsp3) is 0.364. The van der Waals surface area contributed by atoms with Gasteiger partial charge in [-0.3, -0.25) is 10.0 Å². The number of nitrogens with zero attached hydrogens (tertiary/aromatic N) is 4. The summed E-state index contributed by atoms with van der Waals surface area (Å²) in [6, 6.07) is 9.00. The Kier molecular flexibility index (Phi) is 6.51. The predicted molar refractivity (Wildman–Crippen MR) is 124 cm³/mol. The molecule has 2 N–H and O–H groups in total. The highest BCUT2D eigenvalue weighted by Crippen LogP contribution is 2.30. The molecule has 0 aliphatic heterocycles. The van der Waals surface area contributed by atoms with Gasteiger partial charge >= 0.3 is 6.09 Å². The maximum Gasteiger partial charge on any atom is 0.413 e. The molecule has 2 heterocycles. The minimum atomic E-state index is -3.45. The van der Waals surface area contributed by atoms with E-state index in [4.69, 9.17) is 4.74 Å². The van der Waals surface area contributed by atoms with E-state index < -0.39 is 28.0 Å². The molecule has 0 saturated heterocycles. The van der Waals surface area contributed by atoms with E-state index in [-0.39, 0.29) is 16.8 Å². The maximum atomic E-state index is 13.5. The highest BCUT2D eigenvalue weighted by atomic mass is 32.2. The third-order valence-corrected chi connectivity index (χ3v) is 7.57. The van der Waals surface area contributed by atoms with E-state index in [1.165, 1.54) is 22.9 Å². The number of sulfonamides is 1. The molecule has 1 aromatic carbocycles. The SMILES string of the molecule is Cc1nc(-c2nnn(C)c2NC(=O)O[C@H](C)c2cccc(F)c2)ccc1NS(=O)(=O)C1CCC1. The van der Waals surface area contributed by atoms with Crippen LogP contribution >= 0.6 is 0 Å². The van der Waals surface area contributed by atoms with Gasteiger partial charge in [-0.15, -0.1) is 5.10 Å². The average molecular weight is 489 g/mol. The van der Waals surface area contributed by atoms with Gasteiger partial charge in [-0.1, -0.05) is 23.8 Å². The van der Waals surface area contributed by atoms with Crippen molar-refractivity contribution < 1.29 is 22.3 Å². The Labute approximate surface area is 196 Å². The van der Waals surface area contributed by atoms with Crippen molar-refractivity contribution in [3.63, 3.8) is 0 Å². The minimum absolute atomic E-state index is 0.242. The number of carbonyl (C=O) groups excluding carboxylic acids is 1. The molecule has 0 bridgehead atoms. The summed E-state index contributed by atoms with van der Waals surface area (Å²) in [5.41, 5.74) is 2.03. The van der Waals surface area contributed by atoms with E-state index in [0.29, 0.717) is 35.5 Å². The zero-order valence-electron chi connectivity index (χ0n) is 18.9. The molecule has 1 amide bonds. The van der Waals surface area contributed by atoms with Gasteiger partial charge in [0.25, 0.3) is 0 Å². The van der Waals surface area contributed by atoms with Crippen LogP contribution < -0.4 is 10.0 Å². The molecule has 1 fully saturated rings. The molecule has 1 saturated carbocycles. The van der Waals surface area contributed by atoms with Gasteiger partial charge in [-0.25, -0.2) is 27.3 Å². The van der Waals surface area contributed by atoms with E-state index in [0.717, 1.165) is 6.42 Å². The van der Waals surface area contributed by atoms with E-state index in [1.54, 1.807) is 39.1 Å². The number of pyridine rings is 1. The van der Waals surface area contributed by atoms with E-state index >= 15 is 0 Å². The van der Waals surface area contributed by atoms with E-state index in [9.17, 15) is 17.6 Å². The van der Waals surface area contributed by atoms with Crippen molar-refractivity contribution in [2.45, 2.75) is 44.5 Å². The van der Waals surface area contributed by atoms with Crippen LogP contribution in [0.3, 0.4) is 0 Å². The lowest BCUT2D eigenvalue weighted by Gasteiger charge is -2.25. The molecule has 2 aromatic heterocycles. The summed E-state index contributed by atoms with van der Waals surface area (Å²) in [7, 11) is -1.86. The predicted octanol–water partition coefficient (Wildman–Crippen LogP) is 3.93. The van der Waals surface area contributed by atoms with Crippen LogP contribution in [0, 0.1) is 12.7 Å². The fourth-order valence-corrected chi connectivity index (χ4v) is 5.15. The van der Waals surface area contributed by atoms with Crippen molar-refractivity contribution in [1.29, 1.82) is 0 Å². The molecule has 10 nitrogen and oxygen atoms in total. The largest absolute Gasteiger partial charge is 0.441 e. The van der Waals surface area contributed by atoms with Crippen LogP contribution in [0.2, 0.25) is 0 Å². The fourth-order valence-electron chi connectivity index (χ4n) is 3.50.